The van der Waals surface area contributed by atoms with E-state index in [1.165, 1.54) is 0 Å². The zero-order chi connectivity index (χ0) is 6.50. The molecule has 0 atom stereocenters. The summed E-state index contributed by atoms with van der Waals surface area (Å²) >= 11 is -5.38. The molecule has 0 aliphatic heterocycles. The van der Waals surface area contributed by atoms with Crippen molar-refractivity contribution >= 4 is 0 Å². The molecule has 0 aliphatic rings. The molecule has 4 nitrogen and oxygen atoms in total. The van der Waals surface area contributed by atoms with E-state index in [2.05, 4.69) is 13.2 Å². The average molecular weight is 148 g/mol. The molecule has 0 rings (SSSR count). The van der Waals surface area contributed by atoms with Crippen molar-refractivity contribution < 1.29 is 28.7 Å². The molecular weight excluding hydrogens is 143 g/mol. The summed E-state index contributed by atoms with van der Waals surface area (Å²) in [7, 11) is 0. The maximum absolute atomic E-state index is 8.69. The molecule has 0 unspecified atom stereocenters. The summed E-state index contributed by atoms with van der Waals surface area (Å²) in [6.07, 6.45) is 0. The van der Waals surface area contributed by atoms with E-state index in [0.29, 0.717) is 0 Å². The first kappa shape index (κ1) is 9.80. The predicted octanol–water partition coefficient (Wildman–Crippen LogP) is -0.114. The molecule has 0 aromatic rings. The van der Waals surface area contributed by atoms with Crippen molar-refractivity contribution in [2.45, 2.75) is 0 Å². The van der Waals surface area contributed by atoms with Gasteiger partial charge >= 0.3 is 28.7 Å². The van der Waals surface area contributed by atoms with Gasteiger partial charge in [0, 0.05) is 0 Å². The molecular formula is C2H5MnO4. The molecule has 0 fully saturated rings. The van der Waals surface area contributed by atoms with Crippen molar-refractivity contribution in [3.05, 3.63) is 13.2 Å². The number of hydrogen-bond donors (Lipinski definition) is 1. The molecule has 0 aromatic heterocycles. The van der Waals surface area contributed by atoms with Crippen LogP contribution in [0.2, 0.25) is 0 Å². The van der Waals surface area contributed by atoms with Gasteiger partial charge in [0.15, 0.2) is 0 Å². The molecule has 0 amide bonds. The fourth-order valence-electron chi connectivity index (χ4n) is 0. The zero-order valence-corrected chi connectivity index (χ0v) is 4.64. The van der Waals surface area contributed by atoms with Crippen molar-refractivity contribution in [3.8, 4) is 0 Å². The zero-order valence-electron chi connectivity index (χ0n) is 3.46. The summed E-state index contributed by atoms with van der Waals surface area (Å²) in [6, 6.07) is 0. The topological polar surface area (TPSA) is 71.4 Å². The van der Waals surface area contributed by atoms with Crippen LogP contribution in [0.25, 0.3) is 0 Å². The van der Waals surface area contributed by atoms with E-state index >= 15 is 0 Å². The fourth-order valence-corrected chi connectivity index (χ4v) is 0. The summed E-state index contributed by atoms with van der Waals surface area (Å²) in [5, 5.41) is 0. The van der Waals surface area contributed by atoms with Crippen LogP contribution < -0.4 is 0 Å². The first-order valence-corrected chi connectivity index (χ1v) is 3.11. The van der Waals surface area contributed by atoms with Gasteiger partial charge in [-0.25, -0.2) is 0 Å². The molecule has 0 saturated heterocycles. The van der Waals surface area contributed by atoms with Gasteiger partial charge in [0.05, 0.1) is 0 Å². The molecule has 0 spiro atoms. The van der Waals surface area contributed by atoms with E-state index in [4.69, 9.17) is 15.7 Å². The van der Waals surface area contributed by atoms with E-state index < -0.39 is 13.0 Å². The molecule has 0 bridgehead atoms. The minimum atomic E-state index is -5.38. The van der Waals surface area contributed by atoms with E-state index in [1.54, 1.807) is 0 Å². The molecule has 0 aliphatic carbocycles. The summed E-state index contributed by atoms with van der Waals surface area (Å²) in [4.78, 5) is 0. The molecule has 0 saturated carbocycles. The molecule has 44 valence electrons. The van der Waals surface area contributed by atoms with Gasteiger partial charge in [-0.2, -0.15) is 0 Å². The molecule has 0 heterocycles. The second-order valence-electron chi connectivity index (χ2n) is 0.396. The Morgan fingerprint density at radius 3 is 1.14 bits per heavy atom. The van der Waals surface area contributed by atoms with Crippen LogP contribution in [-0.2, 0) is 24.5 Å². The molecule has 0 radical (unpaired) electrons. The summed E-state index contributed by atoms with van der Waals surface area (Å²) < 4.78 is 33.1. The van der Waals surface area contributed by atoms with Gasteiger partial charge in [0.2, 0.25) is 0 Å². The van der Waals surface area contributed by atoms with E-state index in [1.807, 2.05) is 0 Å². The van der Waals surface area contributed by atoms with Gasteiger partial charge in [-0.1, -0.05) is 0 Å². The van der Waals surface area contributed by atoms with Crippen molar-refractivity contribution in [3.63, 3.8) is 0 Å². The van der Waals surface area contributed by atoms with Crippen LogP contribution in [0.3, 0.4) is 0 Å². The van der Waals surface area contributed by atoms with Crippen LogP contribution in [0.5, 0.6) is 0 Å². The summed E-state index contributed by atoms with van der Waals surface area (Å²) in [5.41, 5.74) is 0. The molecule has 5 heteroatoms. The third-order valence-electron chi connectivity index (χ3n) is 0. The standard InChI is InChI=1S/C2H4.Mn.H2O.3O/c1-2;;;;;/h1-2H2;;1H2;;;/q;+1;;;;/p-1. The Kier molecular flexibility index (Phi) is 5.31. The van der Waals surface area contributed by atoms with Crippen LogP contribution in [0, 0.1) is 0 Å². The predicted molar refractivity (Wildman–Crippen MR) is 15.5 cm³/mol. The monoisotopic (exact) mass is 148 g/mol. The average Bonchev–Trinajstić information content (AvgIpc) is 1.36. The Labute approximate surface area is 42.6 Å². The fraction of sp³-hybridized carbons (Fsp3) is 0. The van der Waals surface area contributed by atoms with Crippen molar-refractivity contribution in [1.82, 2.24) is 0 Å². The Morgan fingerprint density at radius 2 is 1.14 bits per heavy atom. The minimum absolute atomic E-state index is 3.00. The third kappa shape index (κ3) is 508. The molecule has 7 heavy (non-hydrogen) atoms. The summed E-state index contributed by atoms with van der Waals surface area (Å²) in [6.45, 7) is 6.00. The second kappa shape index (κ2) is 3.80. The van der Waals surface area contributed by atoms with E-state index in [-0.39, 0.29) is 0 Å². The SMILES string of the molecule is C=C.[O]=[Mn](=[O])(=[O])[OH]. The van der Waals surface area contributed by atoms with Gasteiger partial charge in [-0.05, 0) is 0 Å². The Morgan fingerprint density at radius 1 is 1.14 bits per heavy atom. The van der Waals surface area contributed by atoms with Crippen LogP contribution in [0.1, 0.15) is 0 Å². The Hall–Kier alpha value is -0.381. The van der Waals surface area contributed by atoms with Crippen LogP contribution in [0.4, 0.5) is 0 Å². The third-order valence-corrected chi connectivity index (χ3v) is 0. The Bertz CT molecular complexity index is 143. The van der Waals surface area contributed by atoms with Gasteiger partial charge in [-0.15, -0.1) is 13.2 Å². The quantitative estimate of drug-likeness (QED) is 0.384. The first-order chi connectivity index (χ1) is 3.00. The molecule has 1 N–H and O–H groups in total. The second-order valence-corrected chi connectivity index (χ2v) is 1.63. The Balaban J connectivity index is 0. The van der Waals surface area contributed by atoms with E-state index in [0.717, 1.165) is 0 Å². The van der Waals surface area contributed by atoms with Gasteiger partial charge < -0.3 is 0 Å². The summed E-state index contributed by atoms with van der Waals surface area (Å²) in [5.74, 6) is 0. The first-order valence-electron chi connectivity index (χ1n) is 1.13. The van der Waals surface area contributed by atoms with Crippen LogP contribution in [-0.4, -0.2) is 4.19 Å². The van der Waals surface area contributed by atoms with E-state index in [9.17, 15) is 0 Å². The van der Waals surface area contributed by atoms with Crippen molar-refractivity contribution in [2.24, 2.45) is 0 Å². The van der Waals surface area contributed by atoms with Crippen LogP contribution in [0.15, 0.2) is 13.2 Å². The van der Waals surface area contributed by atoms with Gasteiger partial charge in [-0.3, -0.25) is 0 Å². The maximum atomic E-state index is 8.69. The van der Waals surface area contributed by atoms with Crippen molar-refractivity contribution in [1.29, 1.82) is 0 Å². The normalized spacial score (nSPS) is 8.71. The number of rotatable bonds is 0. The van der Waals surface area contributed by atoms with Crippen molar-refractivity contribution in [2.75, 3.05) is 0 Å². The molecule has 0 aromatic carbocycles. The van der Waals surface area contributed by atoms with Gasteiger partial charge in [0.25, 0.3) is 0 Å². The number of hydrogen-bond acceptors (Lipinski definition) is 3. The van der Waals surface area contributed by atoms with Crippen LogP contribution >= 0.6 is 0 Å². The van der Waals surface area contributed by atoms with Gasteiger partial charge in [0.1, 0.15) is 0 Å².